The van der Waals surface area contributed by atoms with Crippen molar-refractivity contribution in [1.29, 1.82) is 0 Å². The minimum Gasteiger partial charge on any atom is -0.478 e. The van der Waals surface area contributed by atoms with E-state index in [1.54, 1.807) is 0 Å². The summed E-state index contributed by atoms with van der Waals surface area (Å²) in [7, 11) is 0. The summed E-state index contributed by atoms with van der Waals surface area (Å²) < 4.78 is 52.7. The Morgan fingerprint density at radius 2 is 1.50 bits per heavy atom. The highest BCUT2D eigenvalue weighted by atomic mass is 19.4. The van der Waals surface area contributed by atoms with Gasteiger partial charge in [-0.2, -0.15) is 18.2 Å². The molecule has 0 aliphatic rings. The van der Waals surface area contributed by atoms with Crippen molar-refractivity contribution in [2.75, 3.05) is 10.6 Å². The van der Waals surface area contributed by atoms with Gasteiger partial charge in [-0.05, 0) is 48.5 Å². The van der Waals surface area contributed by atoms with Gasteiger partial charge in [0.2, 0.25) is 5.95 Å². The van der Waals surface area contributed by atoms with Crippen molar-refractivity contribution in [1.82, 2.24) is 9.97 Å². The Hall–Kier alpha value is -3.69. The molecule has 10 heteroatoms. The van der Waals surface area contributed by atoms with Crippen LogP contribution in [-0.2, 0) is 6.18 Å². The van der Waals surface area contributed by atoms with Crippen LogP contribution >= 0.6 is 0 Å². The number of carboxylic acid groups (broad SMARTS) is 1. The van der Waals surface area contributed by atoms with E-state index in [2.05, 4.69) is 20.6 Å². The molecular weight excluding hydrogens is 380 g/mol. The predicted octanol–water partition coefficient (Wildman–Crippen LogP) is 4.82. The Morgan fingerprint density at radius 3 is 2.07 bits per heavy atom. The second kappa shape index (κ2) is 7.51. The maximum absolute atomic E-state index is 13.2. The Bertz CT molecular complexity index is 990. The molecule has 3 N–H and O–H groups in total. The first-order valence-electron chi connectivity index (χ1n) is 7.79. The highest BCUT2D eigenvalue weighted by Crippen LogP contribution is 2.35. The molecule has 6 nitrogen and oxygen atoms in total. The lowest BCUT2D eigenvalue weighted by Gasteiger charge is -2.15. The Morgan fingerprint density at radius 1 is 0.929 bits per heavy atom. The van der Waals surface area contributed by atoms with Gasteiger partial charge in [0.1, 0.15) is 17.2 Å². The molecule has 0 aliphatic carbocycles. The van der Waals surface area contributed by atoms with E-state index in [9.17, 15) is 22.4 Å². The number of halogens is 4. The third kappa shape index (κ3) is 4.53. The molecule has 0 saturated heterocycles. The summed E-state index contributed by atoms with van der Waals surface area (Å²) in [6.07, 6.45) is -4.09. The van der Waals surface area contributed by atoms with E-state index in [1.165, 1.54) is 36.4 Å². The first-order valence-corrected chi connectivity index (χ1v) is 7.79. The number of carboxylic acids is 1. The highest BCUT2D eigenvalue weighted by Gasteiger charge is 2.35. The van der Waals surface area contributed by atoms with Crippen LogP contribution in [0.1, 0.15) is 15.9 Å². The van der Waals surface area contributed by atoms with Crippen LogP contribution in [0.3, 0.4) is 0 Å². The van der Waals surface area contributed by atoms with Gasteiger partial charge < -0.3 is 15.7 Å². The zero-order chi connectivity index (χ0) is 20.3. The molecule has 1 aromatic heterocycles. The van der Waals surface area contributed by atoms with E-state index < -0.39 is 29.3 Å². The van der Waals surface area contributed by atoms with Gasteiger partial charge in [-0.3, -0.25) is 0 Å². The number of hydrogen-bond acceptors (Lipinski definition) is 5. The second-order valence-electron chi connectivity index (χ2n) is 5.59. The summed E-state index contributed by atoms with van der Waals surface area (Å²) in [5.41, 5.74) is -0.444. The molecule has 1 heterocycles. The summed E-state index contributed by atoms with van der Waals surface area (Å²) in [6.45, 7) is 0. The van der Waals surface area contributed by atoms with E-state index in [0.29, 0.717) is 11.9 Å². The van der Waals surface area contributed by atoms with Crippen LogP contribution in [0.4, 0.5) is 40.7 Å². The topological polar surface area (TPSA) is 87.1 Å². The molecule has 0 aliphatic heterocycles. The number of benzene rings is 2. The van der Waals surface area contributed by atoms with Crippen molar-refractivity contribution >= 4 is 29.1 Å². The van der Waals surface area contributed by atoms with Gasteiger partial charge in [-0.1, -0.05) is 0 Å². The van der Waals surface area contributed by atoms with Crippen molar-refractivity contribution in [3.8, 4) is 0 Å². The van der Waals surface area contributed by atoms with Gasteiger partial charge in [0.05, 0.1) is 5.56 Å². The monoisotopic (exact) mass is 392 g/mol. The van der Waals surface area contributed by atoms with Crippen LogP contribution in [0.25, 0.3) is 0 Å². The van der Waals surface area contributed by atoms with E-state index >= 15 is 0 Å². The minimum absolute atomic E-state index is 0.0533. The summed E-state index contributed by atoms with van der Waals surface area (Å²) in [4.78, 5) is 18.4. The molecular formula is C18H12F4N4O2. The Labute approximate surface area is 155 Å². The molecule has 28 heavy (non-hydrogen) atoms. The van der Waals surface area contributed by atoms with Gasteiger partial charge in [0, 0.05) is 17.6 Å². The standard InChI is InChI=1S/C18H12F4N4O2/c19-11-3-7-12(8-4-11)24-15-14(18(20,21)22)9-23-17(26-15)25-13-5-1-10(2-6-13)16(27)28/h1-9H,(H,27,28)(H2,23,24,25,26). The van der Waals surface area contributed by atoms with Gasteiger partial charge in [0.15, 0.2) is 0 Å². The molecule has 0 atom stereocenters. The van der Waals surface area contributed by atoms with Crippen LogP contribution in [-0.4, -0.2) is 21.0 Å². The lowest BCUT2D eigenvalue weighted by Crippen LogP contribution is -2.12. The van der Waals surface area contributed by atoms with Gasteiger partial charge in [0.25, 0.3) is 0 Å². The van der Waals surface area contributed by atoms with E-state index in [-0.39, 0.29) is 17.2 Å². The van der Waals surface area contributed by atoms with Gasteiger partial charge in [-0.15, -0.1) is 0 Å². The van der Waals surface area contributed by atoms with Crippen molar-refractivity contribution in [3.63, 3.8) is 0 Å². The Balaban J connectivity index is 1.90. The summed E-state index contributed by atoms with van der Waals surface area (Å²) >= 11 is 0. The first-order chi connectivity index (χ1) is 13.2. The van der Waals surface area contributed by atoms with Crippen molar-refractivity contribution in [3.05, 3.63) is 71.7 Å². The fourth-order valence-electron chi connectivity index (χ4n) is 2.24. The smallest absolute Gasteiger partial charge is 0.421 e. The predicted molar refractivity (Wildman–Crippen MR) is 93.4 cm³/mol. The average molecular weight is 392 g/mol. The summed E-state index contributed by atoms with van der Waals surface area (Å²) in [6, 6.07) is 10.2. The number of carbonyl (C=O) groups is 1. The maximum atomic E-state index is 13.2. The van der Waals surface area contributed by atoms with Crippen LogP contribution in [0.15, 0.2) is 54.7 Å². The fraction of sp³-hybridized carbons (Fsp3) is 0.0556. The van der Waals surface area contributed by atoms with Crippen molar-refractivity contribution < 1.29 is 27.5 Å². The SMILES string of the molecule is O=C(O)c1ccc(Nc2ncc(C(F)(F)F)c(Nc3ccc(F)cc3)n2)cc1. The third-order valence-corrected chi connectivity index (χ3v) is 3.59. The fourth-order valence-corrected chi connectivity index (χ4v) is 2.24. The van der Waals surface area contributed by atoms with Crippen LogP contribution in [0.2, 0.25) is 0 Å². The van der Waals surface area contributed by atoms with Crippen LogP contribution in [0.5, 0.6) is 0 Å². The van der Waals surface area contributed by atoms with Crippen molar-refractivity contribution in [2.45, 2.75) is 6.18 Å². The molecule has 0 unspecified atom stereocenters. The van der Waals surface area contributed by atoms with E-state index in [4.69, 9.17) is 5.11 Å². The quantitative estimate of drug-likeness (QED) is 0.540. The molecule has 0 radical (unpaired) electrons. The highest BCUT2D eigenvalue weighted by molar-refractivity contribution is 5.88. The number of alkyl halides is 3. The normalized spacial score (nSPS) is 11.1. The molecule has 0 amide bonds. The number of anilines is 4. The molecule has 0 bridgehead atoms. The van der Waals surface area contributed by atoms with E-state index in [0.717, 1.165) is 12.1 Å². The molecule has 0 saturated carbocycles. The first kappa shape index (κ1) is 19.1. The van der Waals surface area contributed by atoms with Crippen LogP contribution < -0.4 is 10.6 Å². The number of nitrogens with zero attached hydrogens (tertiary/aromatic N) is 2. The number of aromatic carboxylic acids is 1. The molecule has 0 fully saturated rings. The lowest BCUT2D eigenvalue weighted by molar-refractivity contribution is -0.137. The van der Waals surface area contributed by atoms with Gasteiger partial charge >= 0.3 is 12.1 Å². The number of rotatable bonds is 5. The molecule has 0 spiro atoms. The summed E-state index contributed by atoms with van der Waals surface area (Å²) in [5.74, 6) is -2.29. The second-order valence-corrected chi connectivity index (χ2v) is 5.59. The molecule has 3 aromatic rings. The third-order valence-electron chi connectivity index (χ3n) is 3.59. The zero-order valence-corrected chi connectivity index (χ0v) is 14.0. The molecule has 144 valence electrons. The summed E-state index contributed by atoms with van der Waals surface area (Å²) in [5, 5.41) is 14.1. The van der Waals surface area contributed by atoms with E-state index in [1.807, 2.05) is 0 Å². The van der Waals surface area contributed by atoms with Gasteiger partial charge in [-0.25, -0.2) is 14.2 Å². The maximum Gasteiger partial charge on any atom is 0.421 e. The minimum atomic E-state index is -4.70. The number of nitrogens with one attached hydrogen (secondary N) is 2. The average Bonchev–Trinajstić information content (AvgIpc) is 2.63. The van der Waals surface area contributed by atoms with Crippen LogP contribution in [0, 0.1) is 5.82 Å². The number of aromatic nitrogens is 2. The number of hydrogen-bond donors (Lipinski definition) is 3. The largest absolute Gasteiger partial charge is 0.478 e. The Kier molecular flexibility index (Phi) is 5.12. The molecule has 3 rings (SSSR count). The lowest BCUT2D eigenvalue weighted by atomic mass is 10.2. The zero-order valence-electron chi connectivity index (χ0n) is 14.0. The van der Waals surface area contributed by atoms with Crippen molar-refractivity contribution in [2.24, 2.45) is 0 Å². The molecule has 2 aromatic carbocycles.